The van der Waals surface area contributed by atoms with Crippen molar-refractivity contribution in [3.63, 3.8) is 0 Å². The Hall–Kier alpha value is -0.640. The van der Waals surface area contributed by atoms with Crippen molar-refractivity contribution in [1.82, 2.24) is 4.90 Å². The zero-order valence-electron chi connectivity index (χ0n) is 7.41. The summed E-state index contributed by atoms with van der Waals surface area (Å²) >= 11 is 0. The van der Waals surface area contributed by atoms with E-state index in [2.05, 4.69) is 15.1 Å². The molecule has 0 amide bonds. The van der Waals surface area contributed by atoms with Gasteiger partial charge in [0.1, 0.15) is 6.10 Å². The van der Waals surface area contributed by atoms with E-state index in [4.69, 9.17) is 0 Å². The van der Waals surface area contributed by atoms with Crippen molar-refractivity contribution in [3.05, 3.63) is 4.91 Å². The van der Waals surface area contributed by atoms with Crippen LogP contribution < -0.4 is 0 Å². The van der Waals surface area contributed by atoms with E-state index >= 15 is 0 Å². The van der Waals surface area contributed by atoms with Crippen LogP contribution in [-0.2, 0) is 4.84 Å². The van der Waals surface area contributed by atoms with Crippen LogP contribution >= 0.6 is 0 Å². The molecule has 0 bridgehead atoms. The van der Waals surface area contributed by atoms with Crippen molar-refractivity contribution < 1.29 is 4.84 Å². The van der Waals surface area contributed by atoms with Crippen molar-refractivity contribution >= 4 is 0 Å². The largest absolute Gasteiger partial charge is 0.361 e. The van der Waals surface area contributed by atoms with Gasteiger partial charge < -0.3 is 9.74 Å². The minimum absolute atomic E-state index is 0.0186. The lowest BCUT2D eigenvalue weighted by Crippen LogP contribution is -2.19. The number of nitrogens with zero attached hydrogens (tertiary/aromatic N) is 2. The Balaban J connectivity index is 3.43. The fourth-order valence-electron chi connectivity index (χ4n) is 0.794. The first kappa shape index (κ1) is 10.4. The fraction of sp³-hybridized carbons (Fsp3) is 1.00. The Morgan fingerprint density at radius 2 is 2.18 bits per heavy atom. The van der Waals surface area contributed by atoms with Gasteiger partial charge in [0.2, 0.25) is 0 Å². The molecule has 0 radical (unpaired) electrons. The van der Waals surface area contributed by atoms with Crippen molar-refractivity contribution in [2.75, 3.05) is 20.6 Å². The molecule has 1 unspecified atom stereocenters. The summed E-state index contributed by atoms with van der Waals surface area (Å²) in [4.78, 5) is 16.4. The zero-order valence-corrected chi connectivity index (χ0v) is 7.41. The molecule has 0 spiro atoms. The summed E-state index contributed by atoms with van der Waals surface area (Å²) in [6, 6.07) is 0. The molecule has 0 aliphatic heterocycles. The summed E-state index contributed by atoms with van der Waals surface area (Å²) in [5, 5.41) is 2.42. The SMILES string of the molecule is CCC(CCN(C)C)ON=O. The number of rotatable bonds is 6. The Kier molecular flexibility index (Phi) is 5.74. The molecule has 1 atom stereocenters. The third kappa shape index (κ3) is 5.79. The molecule has 4 nitrogen and oxygen atoms in total. The van der Waals surface area contributed by atoms with Gasteiger partial charge in [0.15, 0.2) is 5.34 Å². The topological polar surface area (TPSA) is 41.9 Å². The highest BCUT2D eigenvalue weighted by molar-refractivity contribution is 4.56. The minimum Gasteiger partial charge on any atom is -0.361 e. The van der Waals surface area contributed by atoms with E-state index in [9.17, 15) is 4.91 Å². The second kappa shape index (κ2) is 6.09. The molecule has 0 fully saturated rings. The third-order valence-corrected chi connectivity index (χ3v) is 1.55. The normalized spacial score (nSPS) is 13.1. The highest BCUT2D eigenvalue weighted by Crippen LogP contribution is 2.03. The van der Waals surface area contributed by atoms with Crippen LogP contribution in [0.2, 0.25) is 0 Å². The van der Waals surface area contributed by atoms with E-state index in [0.29, 0.717) is 0 Å². The van der Waals surface area contributed by atoms with Crippen molar-refractivity contribution in [1.29, 1.82) is 0 Å². The van der Waals surface area contributed by atoms with E-state index in [1.807, 2.05) is 21.0 Å². The molecule has 4 heteroatoms. The van der Waals surface area contributed by atoms with Gasteiger partial charge in [0.25, 0.3) is 0 Å². The minimum atomic E-state index is -0.0186. The smallest absolute Gasteiger partial charge is 0.155 e. The van der Waals surface area contributed by atoms with Crippen LogP contribution in [0.5, 0.6) is 0 Å². The summed E-state index contributed by atoms with van der Waals surface area (Å²) in [6.07, 6.45) is 1.67. The molecule has 0 aliphatic rings. The quantitative estimate of drug-likeness (QED) is 0.436. The van der Waals surface area contributed by atoms with Gasteiger partial charge in [-0.3, -0.25) is 0 Å². The summed E-state index contributed by atoms with van der Waals surface area (Å²) in [6.45, 7) is 2.90. The molecule has 0 aliphatic carbocycles. The lowest BCUT2D eigenvalue weighted by molar-refractivity contribution is 0.0420. The van der Waals surface area contributed by atoms with Gasteiger partial charge in [0.05, 0.1) is 0 Å². The van der Waals surface area contributed by atoms with E-state index in [1.54, 1.807) is 0 Å². The third-order valence-electron chi connectivity index (χ3n) is 1.55. The molecule has 66 valence electrons. The number of hydrogen-bond donors (Lipinski definition) is 0. The summed E-state index contributed by atoms with van der Waals surface area (Å²) in [5.74, 6) is 0. The molecule has 0 aromatic rings. The van der Waals surface area contributed by atoms with Gasteiger partial charge in [-0.1, -0.05) is 6.92 Å². The summed E-state index contributed by atoms with van der Waals surface area (Å²) in [7, 11) is 3.97. The summed E-state index contributed by atoms with van der Waals surface area (Å²) < 4.78 is 0. The summed E-state index contributed by atoms with van der Waals surface area (Å²) in [5.41, 5.74) is 0. The predicted molar refractivity (Wildman–Crippen MR) is 44.1 cm³/mol. The maximum Gasteiger partial charge on any atom is 0.155 e. The molecular formula is C7H16N2O2. The first-order chi connectivity index (χ1) is 5.20. The molecule has 0 saturated carbocycles. The van der Waals surface area contributed by atoms with Gasteiger partial charge in [-0.25, -0.2) is 0 Å². The van der Waals surface area contributed by atoms with Gasteiger partial charge in [-0.05, 0) is 26.9 Å². The first-order valence-corrected chi connectivity index (χ1v) is 3.84. The van der Waals surface area contributed by atoms with E-state index < -0.39 is 0 Å². The maximum atomic E-state index is 9.73. The van der Waals surface area contributed by atoms with Gasteiger partial charge >= 0.3 is 0 Å². The first-order valence-electron chi connectivity index (χ1n) is 3.84. The predicted octanol–water partition coefficient (Wildman–Crippen LogP) is 1.41. The molecule has 0 aromatic heterocycles. The Bertz CT molecular complexity index is 107. The van der Waals surface area contributed by atoms with E-state index in [0.717, 1.165) is 19.4 Å². The van der Waals surface area contributed by atoms with E-state index in [1.165, 1.54) is 0 Å². The van der Waals surface area contributed by atoms with Gasteiger partial charge in [-0.2, -0.15) is 0 Å². The lowest BCUT2D eigenvalue weighted by Gasteiger charge is -2.13. The van der Waals surface area contributed by atoms with Crippen LogP contribution in [0, 0.1) is 4.91 Å². The Labute approximate surface area is 67.5 Å². The van der Waals surface area contributed by atoms with Crippen molar-refractivity contribution in [2.24, 2.45) is 5.34 Å². The Morgan fingerprint density at radius 1 is 1.55 bits per heavy atom. The van der Waals surface area contributed by atoms with E-state index in [-0.39, 0.29) is 6.10 Å². The molecular weight excluding hydrogens is 144 g/mol. The molecule has 0 saturated heterocycles. The lowest BCUT2D eigenvalue weighted by atomic mass is 10.2. The van der Waals surface area contributed by atoms with Gasteiger partial charge in [-0.15, -0.1) is 4.91 Å². The average molecular weight is 160 g/mol. The second-order valence-electron chi connectivity index (χ2n) is 2.80. The van der Waals surface area contributed by atoms with Crippen molar-refractivity contribution in [3.8, 4) is 0 Å². The standard InChI is InChI=1S/C7H16N2O2/c1-4-7(11-8-10)5-6-9(2)3/h7H,4-6H2,1-3H3. The molecule has 0 rings (SSSR count). The van der Waals surface area contributed by atoms with Crippen LogP contribution in [-0.4, -0.2) is 31.6 Å². The second-order valence-corrected chi connectivity index (χ2v) is 2.80. The number of hydrogen-bond acceptors (Lipinski definition) is 4. The molecule has 11 heavy (non-hydrogen) atoms. The van der Waals surface area contributed by atoms with Crippen molar-refractivity contribution in [2.45, 2.75) is 25.9 Å². The maximum absolute atomic E-state index is 9.73. The van der Waals surface area contributed by atoms with Crippen LogP contribution in [0.3, 0.4) is 0 Å². The highest BCUT2D eigenvalue weighted by Gasteiger charge is 2.07. The monoisotopic (exact) mass is 160 g/mol. The molecule has 0 N–H and O–H groups in total. The van der Waals surface area contributed by atoms with Crippen LogP contribution in [0.4, 0.5) is 0 Å². The van der Waals surface area contributed by atoms with Crippen LogP contribution in [0.25, 0.3) is 0 Å². The Morgan fingerprint density at radius 3 is 2.55 bits per heavy atom. The van der Waals surface area contributed by atoms with Gasteiger partial charge in [0, 0.05) is 6.54 Å². The average Bonchev–Trinajstić information content (AvgIpc) is 1.97. The molecule has 0 heterocycles. The molecule has 0 aromatic carbocycles. The zero-order chi connectivity index (χ0) is 8.69. The fourth-order valence-corrected chi connectivity index (χ4v) is 0.794. The van der Waals surface area contributed by atoms with Crippen LogP contribution in [0.1, 0.15) is 19.8 Å². The van der Waals surface area contributed by atoms with Crippen LogP contribution in [0.15, 0.2) is 5.34 Å². The highest BCUT2D eigenvalue weighted by atomic mass is 16.7.